The van der Waals surface area contributed by atoms with Crippen LogP contribution in [0.15, 0.2) is 24.8 Å². The molecule has 2 rings (SSSR count). The van der Waals surface area contributed by atoms with Gasteiger partial charge >= 0.3 is 0 Å². The second-order valence-electron chi connectivity index (χ2n) is 9.03. The van der Waals surface area contributed by atoms with Crippen molar-refractivity contribution in [3.63, 3.8) is 0 Å². The Balaban J connectivity index is 1.50. The molecule has 2 saturated carbocycles. The van der Waals surface area contributed by atoms with E-state index in [1.165, 1.54) is 103 Å². The highest BCUT2D eigenvalue weighted by molar-refractivity contribution is 4.92. The molecule has 2 fully saturated rings. The third kappa shape index (κ3) is 8.61. The molecule has 2 aliphatic rings. The van der Waals surface area contributed by atoms with E-state index in [1.54, 1.807) is 0 Å². The summed E-state index contributed by atoms with van der Waals surface area (Å²) in [6.45, 7) is 6.18. The van der Waals surface area contributed by atoms with Crippen LogP contribution < -0.4 is 0 Å². The van der Waals surface area contributed by atoms with Crippen LogP contribution in [0.3, 0.4) is 0 Å². The van der Waals surface area contributed by atoms with E-state index in [-0.39, 0.29) is 0 Å². The van der Waals surface area contributed by atoms with E-state index in [4.69, 9.17) is 0 Å². The molecule has 0 nitrogen and oxygen atoms in total. The first-order valence-electron chi connectivity index (χ1n) is 11.6. The van der Waals surface area contributed by atoms with Crippen LogP contribution in [0.25, 0.3) is 0 Å². The lowest BCUT2D eigenvalue weighted by molar-refractivity contribution is 0.249. The van der Waals surface area contributed by atoms with E-state index in [0.29, 0.717) is 0 Å². The molecule has 0 heterocycles. The first kappa shape index (κ1) is 20.8. The summed E-state index contributed by atoms with van der Waals surface area (Å²) >= 11 is 0. The molecule has 0 aromatic rings. The van der Waals surface area contributed by atoms with E-state index >= 15 is 0 Å². The van der Waals surface area contributed by atoms with Crippen molar-refractivity contribution in [2.45, 2.75) is 110 Å². The summed E-state index contributed by atoms with van der Waals surface area (Å²) in [5, 5.41) is 0. The smallest absolute Gasteiger partial charge is 0.0233 e. The van der Waals surface area contributed by atoms with E-state index in [9.17, 15) is 0 Å². The van der Waals surface area contributed by atoms with Crippen molar-refractivity contribution in [1.29, 1.82) is 0 Å². The zero-order valence-electron chi connectivity index (χ0n) is 17.1. The van der Waals surface area contributed by atoms with Crippen molar-refractivity contribution in [1.82, 2.24) is 0 Å². The third-order valence-electron chi connectivity index (χ3n) is 7.00. The van der Waals surface area contributed by atoms with Crippen molar-refractivity contribution in [3.05, 3.63) is 24.8 Å². The number of unbranched alkanes of at least 4 members (excludes halogenated alkanes) is 2. The lowest BCUT2D eigenvalue weighted by Crippen LogP contribution is -2.14. The first-order chi connectivity index (χ1) is 12.3. The topological polar surface area (TPSA) is 0 Å². The molecule has 0 aromatic heterocycles. The number of rotatable bonds is 11. The predicted molar refractivity (Wildman–Crippen MR) is 113 cm³/mol. The average molecular weight is 345 g/mol. The van der Waals surface area contributed by atoms with Gasteiger partial charge in [0.25, 0.3) is 0 Å². The Morgan fingerprint density at radius 2 is 1.28 bits per heavy atom. The summed E-state index contributed by atoms with van der Waals surface area (Å²) in [4.78, 5) is 0. The summed E-state index contributed by atoms with van der Waals surface area (Å²) in [6, 6.07) is 0. The van der Waals surface area contributed by atoms with Gasteiger partial charge in [-0.25, -0.2) is 0 Å². The van der Waals surface area contributed by atoms with Crippen molar-refractivity contribution >= 4 is 0 Å². The van der Waals surface area contributed by atoms with Gasteiger partial charge in [-0.2, -0.15) is 0 Å². The Morgan fingerprint density at radius 1 is 0.720 bits per heavy atom. The molecule has 0 radical (unpaired) electrons. The molecule has 25 heavy (non-hydrogen) atoms. The van der Waals surface area contributed by atoms with Gasteiger partial charge in [-0.15, -0.1) is 6.58 Å². The molecule has 0 amide bonds. The van der Waals surface area contributed by atoms with Gasteiger partial charge < -0.3 is 0 Å². The molecule has 144 valence electrons. The van der Waals surface area contributed by atoms with Crippen molar-refractivity contribution in [3.8, 4) is 0 Å². The summed E-state index contributed by atoms with van der Waals surface area (Å²) in [6.07, 6.45) is 30.2. The predicted octanol–water partition coefficient (Wildman–Crippen LogP) is 8.48. The van der Waals surface area contributed by atoms with Crippen LogP contribution >= 0.6 is 0 Å². The highest BCUT2D eigenvalue weighted by Crippen LogP contribution is 2.35. The van der Waals surface area contributed by atoms with E-state index in [2.05, 4.69) is 31.7 Å². The number of hydrogen-bond acceptors (Lipinski definition) is 0. The molecule has 0 unspecified atom stereocenters. The lowest BCUT2D eigenvalue weighted by atomic mass is 9.78. The van der Waals surface area contributed by atoms with E-state index in [1.807, 2.05) is 0 Å². The summed E-state index contributed by atoms with van der Waals surface area (Å²) < 4.78 is 0. The highest BCUT2D eigenvalue weighted by Gasteiger charge is 2.21. The van der Waals surface area contributed by atoms with Crippen LogP contribution in [0.4, 0.5) is 0 Å². The second kappa shape index (κ2) is 12.8. The summed E-state index contributed by atoms with van der Waals surface area (Å²) in [7, 11) is 0. The van der Waals surface area contributed by atoms with Crippen molar-refractivity contribution in [2.24, 2.45) is 23.7 Å². The molecule has 0 saturated heterocycles. The Bertz CT molecular complexity index is 350. The van der Waals surface area contributed by atoms with Gasteiger partial charge in [-0.05, 0) is 75.0 Å². The van der Waals surface area contributed by atoms with E-state index < -0.39 is 0 Å². The molecule has 0 aromatic carbocycles. The fourth-order valence-electron chi connectivity index (χ4n) is 5.14. The maximum Gasteiger partial charge on any atom is -0.0233 e. The Labute approximate surface area is 158 Å². The van der Waals surface area contributed by atoms with Gasteiger partial charge in [0, 0.05) is 0 Å². The largest absolute Gasteiger partial charge is 0.103 e. The third-order valence-corrected chi connectivity index (χ3v) is 7.00. The van der Waals surface area contributed by atoms with Crippen LogP contribution in [0, 0.1) is 23.7 Å². The summed E-state index contributed by atoms with van der Waals surface area (Å²) in [5.41, 5.74) is 0. The first-order valence-corrected chi connectivity index (χ1v) is 11.6. The molecule has 2 aliphatic carbocycles. The average Bonchev–Trinajstić information content (AvgIpc) is 2.66. The molecule has 0 heteroatoms. The van der Waals surface area contributed by atoms with Gasteiger partial charge in [-0.1, -0.05) is 76.5 Å². The van der Waals surface area contributed by atoms with Crippen LogP contribution in [-0.2, 0) is 0 Å². The fraction of sp³-hybridized carbons (Fsp3) is 0.840. The molecule has 0 spiro atoms. The number of allylic oxidation sites excluding steroid dienone is 3. The van der Waals surface area contributed by atoms with E-state index in [0.717, 1.165) is 23.7 Å². The fourth-order valence-corrected chi connectivity index (χ4v) is 5.14. The standard InChI is InChI=1S/C25H44/c1-3-5-7-11-23-18-20-25(21-19-23)13-9-8-12-24-16-14-22(15-17-24)10-6-4-2/h4,8,12,22-25H,2-3,5-7,9-11,13-21H2,1H3/t22-,23-,24-,25-. The van der Waals surface area contributed by atoms with Crippen LogP contribution in [0.5, 0.6) is 0 Å². The van der Waals surface area contributed by atoms with Gasteiger partial charge in [0.2, 0.25) is 0 Å². The minimum absolute atomic E-state index is 0.884. The lowest BCUT2D eigenvalue weighted by Gasteiger charge is -2.28. The highest BCUT2D eigenvalue weighted by atomic mass is 14.3. The van der Waals surface area contributed by atoms with Crippen LogP contribution in [-0.4, -0.2) is 0 Å². The Morgan fingerprint density at radius 3 is 1.88 bits per heavy atom. The molecule has 0 bridgehead atoms. The second-order valence-corrected chi connectivity index (χ2v) is 9.03. The Kier molecular flexibility index (Phi) is 10.6. The monoisotopic (exact) mass is 344 g/mol. The van der Waals surface area contributed by atoms with Gasteiger partial charge in [0.15, 0.2) is 0 Å². The molecule has 0 aliphatic heterocycles. The zero-order valence-corrected chi connectivity index (χ0v) is 17.1. The minimum Gasteiger partial charge on any atom is -0.103 e. The van der Waals surface area contributed by atoms with Crippen molar-refractivity contribution in [2.75, 3.05) is 0 Å². The van der Waals surface area contributed by atoms with Gasteiger partial charge in [-0.3, -0.25) is 0 Å². The quantitative estimate of drug-likeness (QED) is 0.260. The number of hydrogen-bond donors (Lipinski definition) is 0. The van der Waals surface area contributed by atoms with Crippen LogP contribution in [0.2, 0.25) is 0 Å². The Hall–Kier alpha value is -0.520. The zero-order chi connectivity index (χ0) is 17.7. The summed E-state index contributed by atoms with van der Waals surface area (Å²) in [5.74, 6) is 3.96. The maximum absolute atomic E-state index is 3.86. The van der Waals surface area contributed by atoms with Gasteiger partial charge in [0.1, 0.15) is 0 Å². The molecular weight excluding hydrogens is 300 g/mol. The van der Waals surface area contributed by atoms with Gasteiger partial charge in [0.05, 0.1) is 0 Å². The normalized spacial score (nSPS) is 30.6. The molecular formula is C25H44. The van der Waals surface area contributed by atoms with Crippen LogP contribution in [0.1, 0.15) is 110 Å². The van der Waals surface area contributed by atoms with Crippen molar-refractivity contribution < 1.29 is 0 Å². The molecule has 0 N–H and O–H groups in total. The SMILES string of the molecule is C=CCC[C@H]1CC[C@H](C=CCC[C@H]2CC[C@H](CCCCC)CC2)CC1. The molecule has 0 atom stereocenters. The minimum atomic E-state index is 0.884. The maximum atomic E-state index is 3.86.